The van der Waals surface area contributed by atoms with Gasteiger partial charge in [-0.25, -0.2) is 9.97 Å². The molecule has 0 saturated carbocycles. The lowest BCUT2D eigenvalue weighted by Crippen LogP contribution is -2.42. The molecule has 8 heteroatoms. The number of thiazole rings is 1. The lowest BCUT2D eigenvalue weighted by Gasteiger charge is -2.30. The summed E-state index contributed by atoms with van der Waals surface area (Å²) < 4.78 is 0. The fourth-order valence-electron chi connectivity index (χ4n) is 2.41. The molecule has 7 nitrogen and oxygen atoms in total. The van der Waals surface area contributed by atoms with Crippen molar-refractivity contribution in [1.29, 1.82) is 0 Å². The molecule has 0 fully saturated rings. The third-order valence-corrected chi connectivity index (χ3v) is 4.42. The Hall–Kier alpha value is -2.06. The molecule has 2 N–H and O–H groups in total. The number of aromatic nitrogens is 3. The maximum atomic E-state index is 12.2. The van der Waals surface area contributed by atoms with E-state index in [1.165, 1.54) is 11.3 Å². The maximum Gasteiger partial charge on any atom is 0.263 e. The predicted octanol–water partition coefficient (Wildman–Crippen LogP) is 2.53. The topological polar surface area (TPSA) is 83.0 Å². The minimum atomic E-state index is -0.104. The van der Waals surface area contributed by atoms with Crippen molar-refractivity contribution in [2.45, 2.75) is 39.8 Å². The van der Waals surface area contributed by atoms with Crippen molar-refractivity contribution < 1.29 is 4.79 Å². The fraction of sp³-hybridized carbons (Fsp3) is 0.500. The van der Waals surface area contributed by atoms with Crippen molar-refractivity contribution in [3.8, 4) is 0 Å². The minimum Gasteiger partial charge on any atom is -0.350 e. The first-order chi connectivity index (χ1) is 11.5. The van der Waals surface area contributed by atoms with Crippen LogP contribution in [0.2, 0.25) is 0 Å². The second-order valence-electron chi connectivity index (χ2n) is 5.93. The molecule has 0 aliphatic carbocycles. The number of nitrogens with one attached hydrogen (secondary N) is 2. The first kappa shape index (κ1) is 18.3. The van der Waals surface area contributed by atoms with Crippen molar-refractivity contribution in [2.75, 3.05) is 18.4 Å². The van der Waals surface area contributed by atoms with Crippen molar-refractivity contribution in [3.63, 3.8) is 0 Å². The van der Waals surface area contributed by atoms with E-state index in [4.69, 9.17) is 0 Å². The van der Waals surface area contributed by atoms with Crippen LogP contribution in [0.3, 0.4) is 0 Å². The second kappa shape index (κ2) is 8.70. The van der Waals surface area contributed by atoms with E-state index in [9.17, 15) is 4.79 Å². The Bertz CT molecular complexity index is 635. The molecule has 0 radical (unpaired) electrons. The lowest BCUT2D eigenvalue weighted by atomic mass is 10.2. The molecule has 0 aromatic carbocycles. The van der Waals surface area contributed by atoms with Crippen LogP contribution < -0.4 is 10.6 Å². The number of carbonyl (C=O) groups excluding carboxylic acids is 1. The molecule has 130 valence electrons. The fourth-order valence-corrected chi connectivity index (χ4v) is 3.15. The van der Waals surface area contributed by atoms with Gasteiger partial charge in [0.25, 0.3) is 5.91 Å². The number of hydrogen-bond donors (Lipinski definition) is 2. The third-order valence-electron chi connectivity index (χ3n) is 3.51. The first-order valence-electron chi connectivity index (χ1n) is 8.00. The molecule has 2 heterocycles. The quantitative estimate of drug-likeness (QED) is 0.763. The van der Waals surface area contributed by atoms with Crippen LogP contribution in [0, 0.1) is 0 Å². The molecule has 2 rings (SSSR count). The van der Waals surface area contributed by atoms with Gasteiger partial charge in [0.2, 0.25) is 0 Å². The van der Waals surface area contributed by atoms with Gasteiger partial charge in [-0.3, -0.25) is 14.7 Å². The van der Waals surface area contributed by atoms with E-state index in [-0.39, 0.29) is 5.91 Å². The maximum absolute atomic E-state index is 12.2. The Kier molecular flexibility index (Phi) is 6.62. The van der Waals surface area contributed by atoms with E-state index in [2.05, 4.69) is 58.2 Å². The molecule has 0 saturated heterocycles. The van der Waals surface area contributed by atoms with Crippen LogP contribution in [0.1, 0.15) is 37.4 Å². The van der Waals surface area contributed by atoms with Crippen LogP contribution in [0.5, 0.6) is 0 Å². The monoisotopic (exact) mass is 348 g/mol. The molecular weight excluding hydrogens is 324 g/mol. The molecule has 1 amide bonds. The molecule has 0 unspecified atom stereocenters. The van der Waals surface area contributed by atoms with Crippen molar-refractivity contribution in [2.24, 2.45) is 0 Å². The molecule has 2 aromatic rings. The summed E-state index contributed by atoms with van der Waals surface area (Å²) in [7, 11) is 0. The van der Waals surface area contributed by atoms with Gasteiger partial charge in [0.15, 0.2) is 10.9 Å². The van der Waals surface area contributed by atoms with Crippen molar-refractivity contribution >= 4 is 28.2 Å². The number of nitrogens with zero attached hydrogens (tertiary/aromatic N) is 4. The van der Waals surface area contributed by atoms with Gasteiger partial charge in [-0.15, -0.1) is 0 Å². The number of anilines is 2. The van der Waals surface area contributed by atoms with Gasteiger partial charge in [0, 0.05) is 37.6 Å². The van der Waals surface area contributed by atoms with Gasteiger partial charge in [-0.1, -0.05) is 11.3 Å². The summed E-state index contributed by atoms with van der Waals surface area (Å²) in [6.45, 7) is 10.1. The van der Waals surface area contributed by atoms with Crippen molar-refractivity contribution in [1.82, 2.24) is 25.2 Å². The molecule has 0 bridgehead atoms. The van der Waals surface area contributed by atoms with Crippen LogP contribution in [-0.4, -0.2) is 50.9 Å². The standard InChI is InChI=1S/C16H24N6OS/c1-11(2)22(12(3)4)8-7-19-15(23)13-9-20-16(24-13)21-14-10-17-5-6-18-14/h5-6,9-12H,7-8H2,1-4H3,(H,19,23)(H,18,20,21). The van der Waals surface area contributed by atoms with E-state index >= 15 is 0 Å². The Labute approximate surface area is 146 Å². The molecule has 0 aliphatic rings. The van der Waals surface area contributed by atoms with Crippen LogP contribution in [0.4, 0.5) is 10.9 Å². The van der Waals surface area contributed by atoms with Gasteiger partial charge in [0.1, 0.15) is 4.88 Å². The number of carbonyl (C=O) groups is 1. The highest BCUT2D eigenvalue weighted by Gasteiger charge is 2.15. The van der Waals surface area contributed by atoms with Crippen LogP contribution in [0.25, 0.3) is 0 Å². The number of hydrogen-bond acceptors (Lipinski definition) is 7. The summed E-state index contributed by atoms with van der Waals surface area (Å²) >= 11 is 1.29. The van der Waals surface area contributed by atoms with Gasteiger partial charge >= 0.3 is 0 Å². The Morgan fingerprint density at radius 3 is 2.54 bits per heavy atom. The normalized spacial score (nSPS) is 11.3. The SMILES string of the molecule is CC(C)N(CCNC(=O)c1cnc(Nc2cnccn2)s1)C(C)C. The average molecular weight is 348 g/mol. The average Bonchev–Trinajstić information content (AvgIpc) is 3.00. The summed E-state index contributed by atoms with van der Waals surface area (Å²) in [4.78, 5) is 27.4. The zero-order valence-corrected chi connectivity index (χ0v) is 15.3. The van der Waals surface area contributed by atoms with Crippen molar-refractivity contribution in [3.05, 3.63) is 29.7 Å². The number of amides is 1. The lowest BCUT2D eigenvalue weighted by molar-refractivity contribution is 0.0943. The smallest absolute Gasteiger partial charge is 0.263 e. The summed E-state index contributed by atoms with van der Waals surface area (Å²) in [6, 6.07) is 0.904. The van der Waals surface area contributed by atoms with Crippen LogP contribution in [-0.2, 0) is 0 Å². The largest absolute Gasteiger partial charge is 0.350 e. The molecule has 0 atom stereocenters. The Balaban J connectivity index is 1.85. The zero-order valence-electron chi connectivity index (χ0n) is 14.5. The van der Waals surface area contributed by atoms with E-state index in [1.54, 1.807) is 24.8 Å². The molecular formula is C16H24N6OS. The Morgan fingerprint density at radius 2 is 1.92 bits per heavy atom. The summed E-state index contributed by atoms with van der Waals surface area (Å²) in [5, 5.41) is 6.60. The third kappa shape index (κ3) is 5.24. The number of rotatable bonds is 8. The molecule has 0 spiro atoms. The highest BCUT2D eigenvalue weighted by Crippen LogP contribution is 2.20. The highest BCUT2D eigenvalue weighted by molar-refractivity contribution is 7.17. The second-order valence-corrected chi connectivity index (χ2v) is 6.96. The summed E-state index contributed by atoms with van der Waals surface area (Å²) in [5.74, 6) is 0.496. The van der Waals surface area contributed by atoms with E-state index < -0.39 is 0 Å². The van der Waals surface area contributed by atoms with Gasteiger partial charge in [-0.2, -0.15) is 0 Å². The predicted molar refractivity (Wildman–Crippen MR) is 96.7 cm³/mol. The van der Waals surface area contributed by atoms with E-state index in [0.717, 1.165) is 6.54 Å². The Morgan fingerprint density at radius 1 is 1.17 bits per heavy atom. The molecule has 24 heavy (non-hydrogen) atoms. The van der Waals surface area contributed by atoms with Crippen LogP contribution >= 0.6 is 11.3 Å². The van der Waals surface area contributed by atoms with E-state index in [0.29, 0.717) is 34.5 Å². The zero-order chi connectivity index (χ0) is 17.5. The first-order valence-corrected chi connectivity index (χ1v) is 8.82. The summed E-state index contributed by atoms with van der Waals surface area (Å²) in [6.07, 6.45) is 6.37. The van der Waals surface area contributed by atoms with Gasteiger partial charge in [-0.05, 0) is 27.7 Å². The highest BCUT2D eigenvalue weighted by atomic mass is 32.1. The van der Waals surface area contributed by atoms with E-state index in [1.807, 2.05) is 0 Å². The van der Waals surface area contributed by atoms with Gasteiger partial charge < -0.3 is 10.6 Å². The summed E-state index contributed by atoms with van der Waals surface area (Å²) in [5.41, 5.74) is 0. The van der Waals surface area contributed by atoms with Crippen LogP contribution in [0.15, 0.2) is 24.8 Å². The molecule has 2 aromatic heterocycles. The minimum absolute atomic E-state index is 0.104. The van der Waals surface area contributed by atoms with Gasteiger partial charge in [0.05, 0.1) is 12.4 Å². The molecule has 0 aliphatic heterocycles.